The smallest absolute Gasteiger partial charge is 0.239 e. The van der Waals surface area contributed by atoms with E-state index in [1.165, 1.54) is 37.3 Å². The van der Waals surface area contributed by atoms with Crippen LogP contribution in [-0.4, -0.2) is 96.7 Å². The van der Waals surface area contributed by atoms with Crippen molar-refractivity contribution in [2.75, 3.05) is 0 Å². The fraction of sp³-hybridized carbons (Fsp3) is 0.433. The van der Waals surface area contributed by atoms with Crippen LogP contribution in [0.4, 0.5) is 0 Å². The van der Waals surface area contributed by atoms with Gasteiger partial charge >= 0.3 is 0 Å². The first-order valence-corrected chi connectivity index (χ1v) is 13.9. The minimum absolute atomic E-state index is 0.126. The molecule has 2 aliphatic heterocycles. The molecule has 2 saturated heterocycles. The minimum atomic E-state index is -1.89. The molecule has 2 fully saturated rings. The number of aromatic hydroxyl groups is 2. The van der Waals surface area contributed by atoms with Crippen molar-refractivity contribution >= 4 is 22.5 Å². The Balaban J connectivity index is 1.61. The van der Waals surface area contributed by atoms with Gasteiger partial charge in [-0.25, -0.2) is 0 Å². The maximum Gasteiger partial charge on any atom is 0.239 e. The summed E-state index contributed by atoms with van der Waals surface area (Å²) in [5.41, 5.74) is -1.07. The quantitative estimate of drug-likeness (QED) is 0.180. The molecule has 15 heteroatoms. The van der Waals surface area contributed by atoms with Gasteiger partial charge in [-0.2, -0.15) is 0 Å². The molecule has 3 aromatic rings. The van der Waals surface area contributed by atoms with Crippen molar-refractivity contribution in [2.45, 2.75) is 70.2 Å². The van der Waals surface area contributed by atoms with Gasteiger partial charge in [-0.15, -0.1) is 0 Å². The van der Waals surface area contributed by atoms with Gasteiger partial charge in [-0.1, -0.05) is 0 Å². The Bertz CT molecular complexity index is 1650. The SMILES string of the molecule is CC(=O)[C@@H]1[C@@H](Oc2c(-c3ccc(O)cc3)oc3cc(O[C@@H]4O[C@H](C)[C@@H](O)[C@H](O)[C@H]4O)cc(O)c3c2=O)O[C@@H](O)[C@H](C(C)=O)[C@H]1O. The molecule has 45 heavy (non-hydrogen) atoms. The van der Waals surface area contributed by atoms with Gasteiger partial charge in [-0.05, 0) is 45.0 Å². The molecule has 2 aromatic carbocycles. The predicted molar refractivity (Wildman–Crippen MR) is 150 cm³/mol. The normalized spacial score (nSPS) is 31.8. The first-order valence-electron chi connectivity index (χ1n) is 13.9. The van der Waals surface area contributed by atoms with Crippen LogP contribution in [0.2, 0.25) is 0 Å². The van der Waals surface area contributed by atoms with Crippen LogP contribution < -0.4 is 14.9 Å². The molecule has 0 bridgehead atoms. The number of Topliss-reactive ketones (excluding diaryl/α,β-unsaturated/α-hetero) is 2. The highest BCUT2D eigenvalue weighted by molar-refractivity contribution is 5.88. The van der Waals surface area contributed by atoms with E-state index in [2.05, 4.69) is 0 Å². The molecule has 1 aromatic heterocycles. The third-order valence-corrected chi connectivity index (χ3v) is 7.88. The van der Waals surface area contributed by atoms with Gasteiger partial charge in [0.25, 0.3) is 0 Å². The lowest BCUT2D eigenvalue weighted by Crippen LogP contribution is -2.58. The Hall–Kier alpha value is -4.09. The lowest BCUT2D eigenvalue weighted by atomic mass is 9.83. The van der Waals surface area contributed by atoms with E-state index in [0.717, 1.165) is 19.9 Å². The molecule has 0 unspecified atom stereocenters. The maximum atomic E-state index is 13.9. The number of carbonyl (C=O) groups excluding carboxylic acids is 2. The summed E-state index contributed by atoms with van der Waals surface area (Å²) in [5.74, 6) is -6.17. The largest absolute Gasteiger partial charge is 0.508 e. The van der Waals surface area contributed by atoms with E-state index in [1.807, 2.05) is 0 Å². The summed E-state index contributed by atoms with van der Waals surface area (Å²) in [7, 11) is 0. The number of rotatable bonds is 7. The Morgan fingerprint density at radius 1 is 0.778 bits per heavy atom. The number of carbonyl (C=O) groups is 2. The summed E-state index contributed by atoms with van der Waals surface area (Å²) >= 11 is 0. The van der Waals surface area contributed by atoms with E-state index < -0.39 is 95.1 Å². The van der Waals surface area contributed by atoms with Gasteiger partial charge in [0.2, 0.25) is 23.8 Å². The van der Waals surface area contributed by atoms with Crippen molar-refractivity contribution in [1.29, 1.82) is 0 Å². The number of hydrogen-bond acceptors (Lipinski definition) is 15. The highest BCUT2D eigenvalue weighted by Crippen LogP contribution is 2.39. The number of hydrogen-bond donors (Lipinski definition) is 7. The monoisotopic (exact) mass is 632 g/mol. The molecule has 15 nitrogen and oxygen atoms in total. The summed E-state index contributed by atoms with van der Waals surface area (Å²) < 4.78 is 28.3. The third kappa shape index (κ3) is 5.98. The predicted octanol–water partition coefficient (Wildman–Crippen LogP) is -0.0977. The molecule has 2 aliphatic rings. The van der Waals surface area contributed by atoms with E-state index in [4.69, 9.17) is 23.4 Å². The molecule has 5 rings (SSSR count). The van der Waals surface area contributed by atoms with Crippen LogP contribution in [-0.2, 0) is 19.1 Å². The van der Waals surface area contributed by atoms with Crippen molar-refractivity contribution in [3.63, 3.8) is 0 Å². The molecule has 0 aliphatic carbocycles. The summed E-state index contributed by atoms with van der Waals surface area (Å²) in [6.07, 6.45) is -12.5. The zero-order valence-electron chi connectivity index (χ0n) is 24.1. The second kappa shape index (κ2) is 12.4. The van der Waals surface area contributed by atoms with E-state index >= 15 is 0 Å². The first kappa shape index (κ1) is 32.3. The fourth-order valence-corrected chi connectivity index (χ4v) is 5.43. The van der Waals surface area contributed by atoms with Gasteiger partial charge in [0.1, 0.15) is 64.0 Å². The van der Waals surface area contributed by atoms with Crippen LogP contribution in [0.25, 0.3) is 22.3 Å². The Kier molecular flexibility index (Phi) is 8.88. The van der Waals surface area contributed by atoms with Gasteiger partial charge in [-0.3, -0.25) is 14.4 Å². The summed E-state index contributed by atoms with van der Waals surface area (Å²) in [6, 6.07) is 7.48. The van der Waals surface area contributed by atoms with Crippen LogP contribution in [0, 0.1) is 11.8 Å². The number of phenols is 2. The van der Waals surface area contributed by atoms with Crippen LogP contribution in [0.1, 0.15) is 20.8 Å². The van der Waals surface area contributed by atoms with E-state index in [9.17, 15) is 50.1 Å². The highest BCUT2D eigenvalue weighted by atomic mass is 16.7. The molecule has 0 saturated carbocycles. The number of aliphatic hydroxyl groups excluding tert-OH is 5. The summed E-state index contributed by atoms with van der Waals surface area (Å²) in [5, 5.41) is 72.0. The van der Waals surface area contributed by atoms with Crippen molar-refractivity contribution in [1.82, 2.24) is 0 Å². The fourth-order valence-electron chi connectivity index (χ4n) is 5.43. The van der Waals surface area contributed by atoms with Crippen LogP contribution >= 0.6 is 0 Å². The molecule has 0 amide bonds. The minimum Gasteiger partial charge on any atom is -0.508 e. The second-order valence-electron chi connectivity index (χ2n) is 11.0. The Morgan fingerprint density at radius 2 is 1.42 bits per heavy atom. The van der Waals surface area contributed by atoms with E-state index in [1.54, 1.807) is 0 Å². The van der Waals surface area contributed by atoms with Gasteiger partial charge < -0.3 is 59.1 Å². The number of phenolic OH excluding ortho intramolecular Hbond substituents is 2. The maximum absolute atomic E-state index is 13.9. The lowest BCUT2D eigenvalue weighted by Gasteiger charge is -2.40. The average Bonchev–Trinajstić information content (AvgIpc) is 2.95. The lowest BCUT2D eigenvalue weighted by molar-refractivity contribution is -0.283. The van der Waals surface area contributed by atoms with Gasteiger partial charge in [0.15, 0.2) is 12.1 Å². The highest BCUT2D eigenvalue weighted by Gasteiger charge is 2.50. The molecule has 7 N–H and O–H groups in total. The number of aliphatic hydroxyl groups is 5. The molecule has 10 atom stereocenters. The third-order valence-electron chi connectivity index (χ3n) is 7.88. The van der Waals surface area contributed by atoms with Crippen LogP contribution in [0.5, 0.6) is 23.0 Å². The number of fused-ring (bicyclic) bond motifs is 1. The van der Waals surface area contributed by atoms with Crippen molar-refractivity contribution < 1.29 is 68.7 Å². The number of benzene rings is 2. The number of ether oxygens (including phenoxy) is 4. The Labute approximate surface area is 254 Å². The van der Waals surface area contributed by atoms with Crippen molar-refractivity contribution in [3.8, 4) is 34.3 Å². The molecule has 0 spiro atoms. The van der Waals surface area contributed by atoms with Crippen LogP contribution in [0.15, 0.2) is 45.6 Å². The van der Waals surface area contributed by atoms with Crippen molar-refractivity contribution in [2.24, 2.45) is 11.8 Å². The van der Waals surface area contributed by atoms with Gasteiger partial charge in [0.05, 0.1) is 18.1 Å². The first-order chi connectivity index (χ1) is 21.2. The molecule has 3 heterocycles. The standard InChI is InChI=1S/C30H32O15/c1-10(31)18-22(36)19(11(2)32)29(45-28(18)40)44-27-23(37)20-16(34)8-15(42-30-25(39)24(38)21(35)12(3)41-30)9-17(20)43-26(27)13-4-6-14(33)7-5-13/h4-9,12,18-19,21-22,24-25,28-30,33-36,38-40H,1-3H3/t12-,18-,19+,21-,22-,24+,25-,28-,29+,30+/m1/s1. The van der Waals surface area contributed by atoms with E-state index in [-0.39, 0.29) is 28.4 Å². The van der Waals surface area contributed by atoms with Crippen LogP contribution in [0.3, 0.4) is 0 Å². The molecular weight excluding hydrogens is 600 g/mol. The zero-order chi connectivity index (χ0) is 32.9. The van der Waals surface area contributed by atoms with Crippen molar-refractivity contribution in [3.05, 3.63) is 46.6 Å². The molecular formula is C30H32O15. The summed E-state index contributed by atoms with van der Waals surface area (Å²) in [6.45, 7) is 3.66. The molecule has 0 radical (unpaired) electrons. The van der Waals surface area contributed by atoms with Gasteiger partial charge in [0, 0.05) is 17.7 Å². The number of ketones is 2. The topological polar surface area (TPSA) is 243 Å². The molecule has 242 valence electrons. The second-order valence-corrected chi connectivity index (χ2v) is 11.0. The summed E-state index contributed by atoms with van der Waals surface area (Å²) in [4.78, 5) is 38.5. The Morgan fingerprint density at radius 3 is 2.04 bits per heavy atom. The van der Waals surface area contributed by atoms with E-state index in [0.29, 0.717) is 0 Å². The average molecular weight is 633 g/mol. The zero-order valence-corrected chi connectivity index (χ0v) is 24.1.